The molecule has 7 nitrogen and oxygen atoms in total. The van der Waals surface area contributed by atoms with Crippen LogP contribution in [0.25, 0.3) is 11.0 Å². The van der Waals surface area contributed by atoms with E-state index >= 15 is 0 Å². The van der Waals surface area contributed by atoms with Crippen LogP contribution in [0.3, 0.4) is 0 Å². The molecule has 2 N–H and O–H groups in total. The first-order valence-electron chi connectivity index (χ1n) is 9.64. The van der Waals surface area contributed by atoms with Crippen molar-refractivity contribution in [1.82, 2.24) is 19.9 Å². The molecular formula is C20H25N5O2. The summed E-state index contributed by atoms with van der Waals surface area (Å²) in [4.78, 5) is 38.5. The summed E-state index contributed by atoms with van der Waals surface area (Å²) in [5.74, 6) is 0.901. The highest BCUT2D eigenvalue weighted by Gasteiger charge is 2.31. The normalized spacial score (nSPS) is 23.1. The van der Waals surface area contributed by atoms with E-state index in [1.807, 2.05) is 4.90 Å². The molecule has 1 amide bonds. The monoisotopic (exact) mass is 367 g/mol. The van der Waals surface area contributed by atoms with Crippen molar-refractivity contribution in [3.63, 3.8) is 0 Å². The number of aromatic nitrogens is 3. The Morgan fingerprint density at radius 3 is 2.81 bits per heavy atom. The Kier molecular flexibility index (Phi) is 4.68. The van der Waals surface area contributed by atoms with Gasteiger partial charge >= 0.3 is 0 Å². The van der Waals surface area contributed by atoms with Crippen LogP contribution in [0.5, 0.6) is 0 Å². The number of carbonyl (C=O) groups excluding carboxylic acids is 2. The van der Waals surface area contributed by atoms with Crippen molar-refractivity contribution >= 4 is 28.5 Å². The van der Waals surface area contributed by atoms with E-state index in [-0.39, 0.29) is 29.7 Å². The van der Waals surface area contributed by atoms with Crippen molar-refractivity contribution in [1.29, 1.82) is 0 Å². The predicted molar refractivity (Wildman–Crippen MR) is 104 cm³/mol. The van der Waals surface area contributed by atoms with E-state index in [0.717, 1.165) is 37.5 Å². The van der Waals surface area contributed by atoms with Crippen molar-refractivity contribution in [2.75, 3.05) is 11.9 Å². The number of aromatic amines is 1. The lowest BCUT2D eigenvalue weighted by molar-refractivity contribution is -0.129. The van der Waals surface area contributed by atoms with Crippen molar-refractivity contribution in [3.8, 4) is 0 Å². The highest BCUT2D eigenvalue weighted by Crippen LogP contribution is 2.34. The van der Waals surface area contributed by atoms with Gasteiger partial charge in [-0.1, -0.05) is 13.0 Å². The van der Waals surface area contributed by atoms with Gasteiger partial charge in [-0.25, -0.2) is 9.97 Å². The topological polar surface area (TPSA) is 91.0 Å². The number of nitrogens with one attached hydrogen (secondary N) is 2. The summed E-state index contributed by atoms with van der Waals surface area (Å²) < 4.78 is 0. The Balaban J connectivity index is 1.60. The maximum absolute atomic E-state index is 12.8. The van der Waals surface area contributed by atoms with E-state index < -0.39 is 0 Å². The number of rotatable bonds is 5. The van der Waals surface area contributed by atoms with E-state index in [2.05, 4.69) is 33.8 Å². The van der Waals surface area contributed by atoms with E-state index in [1.165, 1.54) is 12.4 Å². The Morgan fingerprint density at radius 1 is 1.30 bits per heavy atom. The van der Waals surface area contributed by atoms with Crippen LogP contribution in [0, 0.1) is 5.92 Å². The van der Waals surface area contributed by atoms with Crippen LogP contribution in [0.4, 0.5) is 5.82 Å². The molecule has 0 aromatic carbocycles. The molecule has 0 bridgehead atoms. The first-order chi connectivity index (χ1) is 13.1. The average molecular weight is 367 g/mol. The average Bonchev–Trinajstić information content (AvgIpc) is 3.06. The molecule has 1 saturated heterocycles. The number of hydrogen-bond acceptors (Lipinski definition) is 5. The van der Waals surface area contributed by atoms with E-state index in [1.54, 1.807) is 6.20 Å². The van der Waals surface area contributed by atoms with E-state index in [0.29, 0.717) is 23.6 Å². The number of amides is 1. The Bertz CT molecular complexity index is 886. The number of carbonyl (C=O) groups is 2. The van der Waals surface area contributed by atoms with E-state index in [9.17, 15) is 9.59 Å². The molecular weight excluding hydrogens is 342 g/mol. The summed E-state index contributed by atoms with van der Waals surface area (Å²) in [5.41, 5.74) is 1.33. The van der Waals surface area contributed by atoms with Gasteiger partial charge in [0.05, 0.1) is 5.39 Å². The number of fused-ring (bicyclic) bond motifs is 1. The standard InChI is InChI=1S/C20H25N5O2/c1-3-16(26)25-10-14(8-7-12(25)2)24-20-17-15(18(27)13-5-4-6-13)9-21-19(17)22-11-23-20/h3,9,11-14H,1,4-8,10H2,2H3,(H2,21,22,23,24)/t12-,14+/m0/s1. The summed E-state index contributed by atoms with van der Waals surface area (Å²) in [6.07, 6.45) is 9.49. The van der Waals surface area contributed by atoms with E-state index in [4.69, 9.17) is 0 Å². The molecule has 3 heterocycles. The maximum Gasteiger partial charge on any atom is 0.246 e. The number of ketones is 1. The highest BCUT2D eigenvalue weighted by atomic mass is 16.2. The SMILES string of the molecule is C=CC(=O)N1C[C@H](Nc2ncnc3[nH]cc(C(=O)C4CCC4)c23)CC[C@@H]1C. The largest absolute Gasteiger partial charge is 0.365 e. The van der Waals surface area contributed by atoms with Gasteiger partial charge in [0.1, 0.15) is 17.8 Å². The van der Waals surface area contributed by atoms with Gasteiger partial charge in [-0.3, -0.25) is 9.59 Å². The lowest BCUT2D eigenvalue weighted by Crippen LogP contribution is -2.49. The molecule has 142 valence electrons. The zero-order valence-electron chi connectivity index (χ0n) is 15.6. The lowest BCUT2D eigenvalue weighted by Gasteiger charge is -2.38. The van der Waals surface area contributed by atoms with Crippen molar-refractivity contribution in [3.05, 3.63) is 30.7 Å². The minimum atomic E-state index is -0.0515. The van der Waals surface area contributed by atoms with Gasteiger partial charge in [0.25, 0.3) is 0 Å². The minimum absolute atomic E-state index is 0.0515. The molecule has 2 atom stereocenters. The summed E-state index contributed by atoms with van der Waals surface area (Å²) >= 11 is 0. The minimum Gasteiger partial charge on any atom is -0.365 e. The molecule has 2 aromatic rings. The number of nitrogens with zero attached hydrogens (tertiary/aromatic N) is 3. The van der Waals surface area contributed by atoms with Crippen LogP contribution >= 0.6 is 0 Å². The molecule has 0 radical (unpaired) electrons. The Morgan fingerprint density at radius 2 is 2.11 bits per heavy atom. The molecule has 1 aliphatic heterocycles. The zero-order valence-corrected chi connectivity index (χ0v) is 15.6. The number of anilines is 1. The van der Waals surface area contributed by atoms with Gasteiger partial charge < -0.3 is 15.2 Å². The fourth-order valence-corrected chi connectivity index (χ4v) is 4.00. The first-order valence-corrected chi connectivity index (χ1v) is 9.64. The summed E-state index contributed by atoms with van der Waals surface area (Å²) in [6.45, 7) is 6.25. The van der Waals surface area contributed by atoms with Crippen LogP contribution in [-0.2, 0) is 4.79 Å². The Labute approximate surface area is 158 Å². The summed E-state index contributed by atoms with van der Waals surface area (Å²) in [6, 6.07) is 0.270. The second kappa shape index (κ2) is 7.13. The van der Waals surface area contributed by atoms with Gasteiger partial charge in [-0.05, 0) is 38.7 Å². The smallest absolute Gasteiger partial charge is 0.246 e. The molecule has 1 saturated carbocycles. The Hall–Kier alpha value is -2.70. The molecule has 0 unspecified atom stereocenters. The maximum atomic E-state index is 12.8. The van der Waals surface area contributed by atoms with Crippen LogP contribution in [-0.4, -0.2) is 50.2 Å². The lowest BCUT2D eigenvalue weighted by atomic mass is 9.80. The van der Waals surface area contributed by atoms with Gasteiger partial charge in [0, 0.05) is 36.3 Å². The summed E-state index contributed by atoms with van der Waals surface area (Å²) in [5, 5.41) is 4.22. The molecule has 2 fully saturated rings. The van der Waals surface area contributed by atoms with Crippen molar-refractivity contribution < 1.29 is 9.59 Å². The molecule has 7 heteroatoms. The van der Waals surface area contributed by atoms with Gasteiger partial charge in [-0.2, -0.15) is 0 Å². The highest BCUT2D eigenvalue weighted by molar-refractivity contribution is 6.11. The quantitative estimate of drug-likeness (QED) is 0.626. The third-order valence-electron chi connectivity index (χ3n) is 5.89. The number of H-pyrrole nitrogens is 1. The fourth-order valence-electron chi connectivity index (χ4n) is 4.00. The summed E-state index contributed by atoms with van der Waals surface area (Å²) in [7, 11) is 0. The van der Waals surface area contributed by atoms with Crippen LogP contribution in [0.2, 0.25) is 0 Å². The molecule has 2 aliphatic rings. The van der Waals surface area contributed by atoms with Crippen molar-refractivity contribution in [2.24, 2.45) is 5.92 Å². The molecule has 0 spiro atoms. The number of likely N-dealkylation sites (tertiary alicyclic amines) is 1. The molecule has 27 heavy (non-hydrogen) atoms. The predicted octanol–water partition coefficient (Wildman–Crippen LogP) is 2.92. The fraction of sp³-hybridized carbons (Fsp3) is 0.500. The van der Waals surface area contributed by atoms with Crippen LogP contribution in [0.15, 0.2) is 25.2 Å². The first kappa shape index (κ1) is 17.7. The molecule has 1 aliphatic carbocycles. The van der Waals surface area contributed by atoms with Gasteiger partial charge in [0.2, 0.25) is 5.91 Å². The number of Topliss-reactive ketones (excluding diaryl/α,β-unsaturated/α-hetero) is 1. The second-order valence-corrected chi connectivity index (χ2v) is 7.60. The van der Waals surface area contributed by atoms with Crippen LogP contribution in [0.1, 0.15) is 49.4 Å². The third-order valence-corrected chi connectivity index (χ3v) is 5.89. The van der Waals surface area contributed by atoms with Gasteiger partial charge in [0.15, 0.2) is 5.78 Å². The number of piperidine rings is 1. The van der Waals surface area contributed by atoms with Gasteiger partial charge in [-0.15, -0.1) is 0 Å². The molecule has 2 aromatic heterocycles. The zero-order chi connectivity index (χ0) is 19.0. The number of hydrogen-bond donors (Lipinski definition) is 2. The second-order valence-electron chi connectivity index (χ2n) is 7.60. The van der Waals surface area contributed by atoms with Crippen molar-refractivity contribution in [2.45, 2.75) is 51.1 Å². The van der Waals surface area contributed by atoms with Crippen LogP contribution < -0.4 is 5.32 Å². The molecule has 4 rings (SSSR count). The third kappa shape index (κ3) is 3.22.